The molecule has 0 heterocycles. The highest BCUT2D eigenvalue weighted by Gasteiger charge is 2.19. The van der Waals surface area contributed by atoms with E-state index in [1.807, 2.05) is 20.8 Å². The van der Waals surface area contributed by atoms with E-state index in [2.05, 4.69) is 20.8 Å². The van der Waals surface area contributed by atoms with Crippen LogP contribution in [-0.2, 0) is 9.59 Å². The molecule has 0 aliphatic heterocycles. The topological polar surface area (TPSA) is 34.1 Å². The molecular formula is C20H38O2. The molecule has 0 aliphatic rings. The molecule has 0 amide bonds. The van der Waals surface area contributed by atoms with Gasteiger partial charge in [0.25, 0.3) is 0 Å². The van der Waals surface area contributed by atoms with E-state index in [0.717, 1.165) is 38.5 Å². The fourth-order valence-electron chi connectivity index (χ4n) is 2.55. The van der Waals surface area contributed by atoms with Crippen molar-refractivity contribution in [3.05, 3.63) is 0 Å². The zero-order valence-corrected chi connectivity index (χ0v) is 15.9. The molecule has 0 aromatic carbocycles. The van der Waals surface area contributed by atoms with Crippen molar-refractivity contribution in [1.29, 1.82) is 0 Å². The van der Waals surface area contributed by atoms with Crippen LogP contribution in [0.2, 0.25) is 0 Å². The summed E-state index contributed by atoms with van der Waals surface area (Å²) in [7, 11) is 0. The minimum atomic E-state index is -0.181. The largest absolute Gasteiger partial charge is 0.300 e. The van der Waals surface area contributed by atoms with Crippen molar-refractivity contribution in [2.75, 3.05) is 0 Å². The van der Waals surface area contributed by atoms with Gasteiger partial charge >= 0.3 is 0 Å². The fourth-order valence-corrected chi connectivity index (χ4v) is 2.55. The first-order chi connectivity index (χ1) is 10.0. The molecule has 2 nitrogen and oxygen atoms in total. The second-order valence-electron chi connectivity index (χ2n) is 8.92. The molecule has 0 spiro atoms. The summed E-state index contributed by atoms with van der Waals surface area (Å²) in [6, 6.07) is 0. The number of rotatable bonds is 11. The van der Waals surface area contributed by atoms with Crippen molar-refractivity contribution in [1.82, 2.24) is 0 Å². The average Bonchev–Trinajstić information content (AvgIpc) is 2.33. The lowest BCUT2D eigenvalue weighted by Crippen LogP contribution is -2.19. The second-order valence-corrected chi connectivity index (χ2v) is 8.92. The van der Waals surface area contributed by atoms with Gasteiger partial charge in [-0.1, -0.05) is 73.6 Å². The fraction of sp³-hybridized carbons (Fsp3) is 0.900. The summed E-state index contributed by atoms with van der Waals surface area (Å²) >= 11 is 0. The molecule has 2 heteroatoms. The maximum absolute atomic E-state index is 11.8. The van der Waals surface area contributed by atoms with Gasteiger partial charge in [0, 0.05) is 24.7 Å². The molecular weight excluding hydrogens is 272 g/mol. The molecule has 0 rings (SSSR count). The SMILES string of the molecule is CC(C)(C)CC(=O)CCCCCCCCCC(=O)C(C)(C)C. The third kappa shape index (κ3) is 13.0. The van der Waals surface area contributed by atoms with Crippen LogP contribution in [0.15, 0.2) is 0 Å². The summed E-state index contributed by atoms with van der Waals surface area (Å²) in [4.78, 5) is 23.5. The van der Waals surface area contributed by atoms with Crippen LogP contribution in [0.1, 0.15) is 106 Å². The number of hydrogen-bond acceptors (Lipinski definition) is 2. The van der Waals surface area contributed by atoms with E-state index >= 15 is 0 Å². The van der Waals surface area contributed by atoms with Crippen molar-refractivity contribution in [2.24, 2.45) is 10.8 Å². The summed E-state index contributed by atoms with van der Waals surface area (Å²) in [5, 5.41) is 0. The quantitative estimate of drug-likeness (QED) is 0.431. The maximum atomic E-state index is 11.8. The minimum Gasteiger partial charge on any atom is -0.300 e. The first-order valence-electron chi connectivity index (χ1n) is 9.07. The van der Waals surface area contributed by atoms with E-state index in [1.54, 1.807) is 0 Å². The Morgan fingerprint density at radius 2 is 1.05 bits per heavy atom. The number of carbonyl (C=O) groups is 2. The number of hydrogen-bond donors (Lipinski definition) is 0. The van der Waals surface area contributed by atoms with Crippen molar-refractivity contribution in [3.8, 4) is 0 Å². The normalized spacial score (nSPS) is 12.5. The van der Waals surface area contributed by atoms with Gasteiger partial charge in [0.15, 0.2) is 0 Å². The van der Waals surface area contributed by atoms with Crippen LogP contribution >= 0.6 is 0 Å². The smallest absolute Gasteiger partial charge is 0.138 e. The lowest BCUT2D eigenvalue weighted by molar-refractivity contribution is -0.126. The van der Waals surface area contributed by atoms with Crippen molar-refractivity contribution in [2.45, 2.75) is 106 Å². The predicted octanol–water partition coefficient (Wildman–Crippen LogP) is 6.12. The molecule has 0 aromatic rings. The van der Waals surface area contributed by atoms with Gasteiger partial charge in [0.05, 0.1) is 0 Å². The van der Waals surface area contributed by atoms with E-state index in [9.17, 15) is 9.59 Å². The van der Waals surface area contributed by atoms with Gasteiger partial charge in [-0.05, 0) is 18.3 Å². The summed E-state index contributed by atoms with van der Waals surface area (Å²) in [6.07, 6.45) is 10.2. The summed E-state index contributed by atoms with van der Waals surface area (Å²) in [6.45, 7) is 12.3. The van der Waals surface area contributed by atoms with Gasteiger partial charge < -0.3 is 0 Å². The average molecular weight is 311 g/mol. The van der Waals surface area contributed by atoms with Gasteiger partial charge in [-0.15, -0.1) is 0 Å². The number of ketones is 2. The lowest BCUT2D eigenvalue weighted by atomic mass is 9.87. The molecule has 0 unspecified atom stereocenters. The van der Waals surface area contributed by atoms with E-state index in [0.29, 0.717) is 18.0 Å². The number of carbonyl (C=O) groups excluding carboxylic acids is 2. The zero-order chi connectivity index (χ0) is 17.2. The number of unbranched alkanes of at least 4 members (excludes halogenated alkanes) is 6. The molecule has 130 valence electrons. The van der Waals surface area contributed by atoms with Crippen molar-refractivity contribution >= 4 is 11.6 Å². The molecule has 0 bridgehead atoms. The van der Waals surface area contributed by atoms with E-state index in [4.69, 9.17) is 0 Å². The minimum absolute atomic E-state index is 0.127. The number of Topliss-reactive ketones (excluding diaryl/α,β-unsaturated/α-hetero) is 2. The molecule has 0 saturated carbocycles. The van der Waals surface area contributed by atoms with Crippen molar-refractivity contribution in [3.63, 3.8) is 0 Å². The van der Waals surface area contributed by atoms with Crippen LogP contribution in [0.4, 0.5) is 0 Å². The van der Waals surface area contributed by atoms with Crippen LogP contribution in [-0.4, -0.2) is 11.6 Å². The van der Waals surface area contributed by atoms with E-state index < -0.39 is 0 Å². The summed E-state index contributed by atoms with van der Waals surface area (Å²) in [5.74, 6) is 0.790. The highest BCUT2D eigenvalue weighted by molar-refractivity contribution is 5.83. The molecule has 0 fully saturated rings. The van der Waals surface area contributed by atoms with Crippen LogP contribution in [0, 0.1) is 10.8 Å². The Kier molecular flexibility index (Phi) is 9.87. The molecule has 0 N–H and O–H groups in total. The predicted molar refractivity (Wildman–Crippen MR) is 95.1 cm³/mol. The Morgan fingerprint density at radius 1 is 0.636 bits per heavy atom. The standard InChI is InChI=1S/C20H38O2/c1-19(2,3)16-17(21)14-12-10-8-7-9-11-13-15-18(22)20(4,5)6/h7-16H2,1-6H3. The molecule has 22 heavy (non-hydrogen) atoms. The third-order valence-electron chi connectivity index (χ3n) is 3.92. The van der Waals surface area contributed by atoms with Crippen LogP contribution < -0.4 is 0 Å². The molecule has 0 atom stereocenters. The molecule has 0 aliphatic carbocycles. The monoisotopic (exact) mass is 310 g/mol. The van der Waals surface area contributed by atoms with Crippen LogP contribution in [0.5, 0.6) is 0 Å². The lowest BCUT2D eigenvalue weighted by Gasteiger charge is -2.16. The zero-order valence-electron chi connectivity index (χ0n) is 15.9. The van der Waals surface area contributed by atoms with E-state index in [1.165, 1.54) is 19.3 Å². The van der Waals surface area contributed by atoms with Gasteiger partial charge in [0.2, 0.25) is 0 Å². The summed E-state index contributed by atoms with van der Waals surface area (Å²) < 4.78 is 0. The van der Waals surface area contributed by atoms with Gasteiger partial charge in [-0.25, -0.2) is 0 Å². The Morgan fingerprint density at radius 3 is 1.45 bits per heavy atom. The first kappa shape index (κ1) is 21.3. The Labute approximate surface area is 138 Å². The van der Waals surface area contributed by atoms with Crippen LogP contribution in [0.25, 0.3) is 0 Å². The second kappa shape index (κ2) is 10.2. The molecule has 0 aromatic heterocycles. The summed E-state index contributed by atoms with van der Waals surface area (Å²) in [5.41, 5.74) is -0.0544. The third-order valence-corrected chi connectivity index (χ3v) is 3.92. The van der Waals surface area contributed by atoms with Gasteiger partial charge in [-0.3, -0.25) is 9.59 Å². The van der Waals surface area contributed by atoms with Gasteiger partial charge in [0.1, 0.15) is 11.6 Å². The van der Waals surface area contributed by atoms with Gasteiger partial charge in [-0.2, -0.15) is 0 Å². The van der Waals surface area contributed by atoms with Crippen LogP contribution in [0.3, 0.4) is 0 Å². The highest BCUT2D eigenvalue weighted by atomic mass is 16.1. The van der Waals surface area contributed by atoms with E-state index in [-0.39, 0.29) is 10.8 Å². The molecule has 0 radical (unpaired) electrons. The maximum Gasteiger partial charge on any atom is 0.138 e. The Bertz CT molecular complexity index is 329. The highest BCUT2D eigenvalue weighted by Crippen LogP contribution is 2.21. The first-order valence-corrected chi connectivity index (χ1v) is 9.07. The molecule has 0 saturated heterocycles. The van der Waals surface area contributed by atoms with Crippen molar-refractivity contribution < 1.29 is 9.59 Å². The Balaban J connectivity index is 3.41. The Hall–Kier alpha value is -0.660.